The van der Waals surface area contributed by atoms with Gasteiger partial charge in [-0.05, 0) is 52.2 Å². The van der Waals surface area contributed by atoms with Gasteiger partial charge in [0.15, 0.2) is 5.65 Å². The predicted molar refractivity (Wildman–Crippen MR) is 159 cm³/mol. The van der Waals surface area contributed by atoms with E-state index in [2.05, 4.69) is 20.7 Å². The minimum absolute atomic E-state index is 0.0611. The largest absolute Gasteiger partial charge is 0.443 e. The Bertz CT molecular complexity index is 1550. The molecule has 13 nitrogen and oxygen atoms in total. The van der Waals surface area contributed by atoms with Crippen LogP contribution in [0.25, 0.3) is 5.65 Å². The van der Waals surface area contributed by atoms with Gasteiger partial charge in [-0.2, -0.15) is 9.61 Å². The van der Waals surface area contributed by atoms with Crippen molar-refractivity contribution < 1.29 is 23.5 Å². The number of aromatic nitrogens is 4. The number of nitrogens with one attached hydrogen (secondary N) is 2. The number of likely N-dealkylation sites (tertiary alicyclic amines) is 1. The van der Waals surface area contributed by atoms with Crippen LogP contribution in [0.4, 0.5) is 26.5 Å². The molecule has 232 valence electrons. The second-order valence-corrected chi connectivity index (χ2v) is 12.0. The molecule has 14 heteroatoms. The van der Waals surface area contributed by atoms with Crippen LogP contribution in [-0.4, -0.2) is 94.3 Å². The summed E-state index contributed by atoms with van der Waals surface area (Å²) in [5.41, 5.74) is -0.356. The number of hydrogen-bond acceptors (Lipinski definition) is 9. The summed E-state index contributed by atoms with van der Waals surface area (Å²) in [6, 6.07) is 4.75. The van der Waals surface area contributed by atoms with Crippen LogP contribution < -0.4 is 21.1 Å². The summed E-state index contributed by atoms with van der Waals surface area (Å²) < 4.78 is 26.9. The van der Waals surface area contributed by atoms with Gasteiger partial charge >= 0.3 is 6.09 Å². The Kier molecular flexibility index (Phi) is 8.69. The van der Waals surface area contributed by atoms with Gasteiger partial charge in [0.1, 0.15) is 35.2 Å². The van der Waals surface area contributed by atoms with E-state index >= 15 is 0 Å². The van der Waals surface area contributed by atoms with Crippen LogP contribution >= 0.6 is 0 Å². The second-order valence-electron chi connectivity index (χ2n) is 12.0. The molecule has 3 atom stereocenters. The molecule has 2 fully saturated rings. The first-order valence-corrected chi connectivity index (χ1v) is 14.4. The highest BCUT2D eigenvalue weighted by Gasteiger charge is 2.33. The maximum absolute atomic E-state index is 13.5. The van der Waals surface area contributed by atoms with E-state index in [4.69, 9.17) is 9.47 Å². The minimum atomic E-state index is -0.746. The third kappa shape index (κ3) is 6.49. The molecule has 5 rings (SSSR count). The number of carbonyl (C=O) groups is 2. The van der Waals surface area contributed by atoms with Crippen LogP contribution in [-0.2, 0) is 9.47 Å². The topological polar surface area (TPSA) is 135 Å². The van der Waals surface area contributed by atoms with Gasteiger partial charge in [-0.1, -0.05) is 0 Å². The van der Waals surface area contributed by atoms with Crippen LogP contribution in [0.1, 0.15) is 56.4 Å². The fraction of sp³-hybridized carbons (Fsp3) is 0.552. The number of hydrogen-bond donors (Lipinski definition) is 2. The number of pyridine rings is 1. The van der Waals surface area contributed by atoms with E-state index < -0.39 is 18.4 Å². The fourth-order valence-corrected chi connectivity index (χ4v) is 5.39. The van der Waals surface area contributed by atoms with Crippen molar-refractivity contribution in [2.24, 2.45) is 0 Å². The smallest absolute Gasteiger partial charge is 0.415 e. The molecule has 0 radical (unpaired) electrons. The lowest BCUT2D eigenvalue weighted by molar-refractivity contribution is 0.00732. The third-order valence-corrected chi connectivity index (χ3v) is 7.82. The van der Waals surface area contributed by atoms with Crippen molar-refractivity contribution in [3.05, 3.63) is 46.5 Å². The molecule has 1 saturated carbocycles. The first-order chi connectivity index (χ1) is 20.5. The molecule has 2 N–H and O–H groups in total. The normalized spacial score (nSPS) is 20.6. The van der Waals surface area contributed by atoms with Crippen molar-refractivity contribution in [1.29, 1.82) is 0 Å². The van der Waals surface area contributed by atoms with E-state index in [9.17, 15) is 18.8 Å². The zero-order valence-electron chi connectivity index (χ0n) is 25.2. The number of fused-ring (bicyclic) bond motifs is 1. The maximum atomic E-state index is 13.5. The Morgan fingerprint density at radius 1 is 1.23 bits per heavy atom. The van der Waals surface area contributed by atoms with Gasteiger partial charge in [-0.25, -0.2) is 14.2 Å². The summed E-state index contributed by atoms with van der Waals surface area (Å²) in [7, 11) is 3.14. The van der Waals surface area contributed by atoms with Crippen LogP contribution in [0.2, 0.25) is 0 Å². The summed E-state index contributed by atoms with van der Waals surface area (Å²) in [6.45, 7) is 6.50. The Morgan fingerprint density at radius 2 is 2.02 bits per heavy atom. The zero-order chi connectivity index (χ0) is 30.9. The average molecular weight is 599 g/mol. The van der Waals surface area contributed by atoms with Gasteiger partial charge in [0.25, 0.3) is 11.5 Å². The molecule has 2 amide bonds. The molecule has 3 aromatic rings. The highest BCUT2D eigenvalue weighted by atomic mass is 19.1. The molecule has 1 saturated heterocycles. The predicted octanol–water partition coefficient (Wildman–Crippen LogP) is 3.13. The molecule has 0 unspecified atom stereocenters. The lowest BCUT2D eigenvalue weighted by Crippen LogP contribution is -2.51. The van der Waals surface area contributed by atoms with Crippen molar-refractivity contribution in [2.75, 3.05) is 50.7 Å². The Hall–Kier alpha value is -4.04. The van der Waals surface area contributed by atoms with E-state index in [1.807, 2.05) is 4.90 Å². The number of alkyl halides is 1. The molecule has 0 spiro atoms. The quantitative estimate of drug-likeness (QED) is 0.381. The highest BCUT2D eigenvalue weighted by Crippen LogP contribution is 2.27. The molecule has 3 aromatic heterocycles. The number of anilines is 3. The van der Waals surface area contributed by atoms with Crippen molar-refractivity contribution in [1.82, 2.24) is 29.4 Å². The molecule has 0 bridgehead atoms. The van der Waals surface area contributed by atoms with Crippen molar-refractivity contribution >= 4 is 35.0 Å². The molecule has 0 aromatic carbocycles. The Labute approximate surface area is 248 Å². The number of amides is 2. The van der Waals surface area contributed by atoms with Gasteiger partial charge < -0.3 is 24.7 Å². The van der Waals surface area contributed by atoms with Crippen LogP contribution in [0.15, 0.2) is 35.4 Å². The van der Waals surface area contributed by atoms with Crippen molar-refractivity contribution in [3.63, 3.8) is 0 Å². The van der Waals surface area contributed by atoms with E-state index in [0.29, 0.717) is 13.1 Å². The number of nitrogens with zero attached hydrogens (tertiary/aromatic N) is 6. The summed E-state index contributed by atoms with van der Waals surface area (Å²) in [5, 5.41) is 10.4. The van der Waals surface area contributed by atoms with Crippen molar-refractivity contribution in [2.45, 2.75) is 63.8 Å². The standard InChI is InChI=1S/C29H39FN8O5/c1-29(2,3)43-28(41)35(4)24-15-23(32-21-7-6-12-37(27(21)40)18-10-13-36(17-18)14-11-30)34-25-19(16-31-38(24)25)26(39)33-20-8-9-22(20)42-5/h6-7,12,15-16,18,20,22H,8-11,13-14,17H2,1-5H3,(H,32,34)(H,33,39)/t18-,20-,22-/m1/s1. The minimum Gasteiger partial charge on any atom is -0.443 e. The first-order valence-electron chi connectivity index (χ1n) is 14.4. The lowest BCUT2D eigenvalue weighted by atomic mass is 9.89. The van der Waals surface area contributed by atoms with E-state index in [-0.39, 0.29) is 58.2 Å². The number of halogens is 1. The fourth-order valence-electron chi connectivity index (χ4n) is 5.39. The Balaban J connectivity index is 1.50. The summed E-state index contributed by atoms with van der Waals surface area (Å²) in [4.78, 5) is 47.8. The molecular weight excluding hydrogens is 559 g/mol. The van der Waals surface area contributed by atoms with Gasteiger partial charge in [0.2, 0.25) is 0 Å². The van der Waals surface area contributed by atoms with Gasteiger partial charge in [-0.3, -0.25) is 19.4 Å². The van der Waals surface area contributed by atoms with E-state index in [0.717, 1.165) is 25.8 Å². The van der Waals surface area contributed by atoms with Gasteiger partial charge in [0, 0.05) is 46.1 Å². The number of ether oxygens (including phenoxy) is 2. The SMILES string of the molecule is CO[C@@H]1CC[C@H]1NC(=O)c1cnn2c(N(C)C(=O)OC(C)(C)C)cc(Nc3cccn([C@@H]4CCN(CCF)C4)c3=O)nc12. The number of methoxy groups -OCH3 is 1. The second kappa shape index (κ2) is 12.3. The highest BCUT2D eigenvalue weighted by molar-refractivity contribution is 6.00. The Morgan fingerprint density at radius 3 is 2.70 bits per heavy atom. The molecule has 4 heterocycles. The third-order valence-electron chi connectivity index (χ3n) is 7.82. The lowest BCUT2D eigenvalue weighted by Gasteiger charge is -2.35. The van der Waals surface area contributed by atoms with E-state index in [1.165, 1.54) is 22.7 Å². The number of carbonyl (C=O) groups excluding carboxylic acids is 2. The van der Waals surface area contributed by atoms with E-state index in [1.54, 1.807) is 56.8 Å². The maximum Gasteiger partial charge on any atom is 0.415 e. The van der Waals surface area contributed by atoms with Crippen molar-refractivity contribution in [3.8, 4) is 0 Å². The van der Waals surface area contributed by atoms with Crippen LogP contribution in [0, 0.1) is 0 Å². The average Bonchev–Trinajstić information content (AvgIpc) is 3.58. The number of rotatable bonds is 9. The molecular formula is C29H39FN8O5. The summed E-state index contributed by atoms with van der Waals surface area (Å²) in [6.07, 6.45) is 4.81. The van der Waals surface area contributed by atoms with Crippen LogP contribution in [0.5, 0.6) is 0 Å². The van der Waals surface area contributed by atoms with Gasteiger partial charge in [-0.15, -0.1) is 0 Å². The summed E-state index contributed by atoms with van der Waals surface area (Å²) >= 11 is 0. The molecule has 1 aliphatic carbocycles. The molecule has 2 aliphatic rings. The molecule has 43 heavy (non-hydrogen) atoms. The monoisotopic (exact) mass is 598 g/mol. The first kappa shape index (κ1) is 30.4. The molecule has 1 aliphatic heterocycles. The van der Waals surface area contributed by atoms with Crippen LogP contribution in [0.3, 0.4) is 0 Å². The summed E-state index contributed by atoms with van der Waals surface area (Å²) in [5.74, 6) is 0.123. The van der Waals surface area contributed by atoms with Gasteiger partial charge in [0.05, 0.1) is 24.4 Å². The zero-order valence-corrected chi connectivity index (χ0v) is 25.2.